The van der Waals surface area contributed by atoms with Crippen LogP contribution in [-0.2, 0) is 19.6 Å². The van der Waals surface area contributed by atoms with Crippen molar-refractivity contribution in [2.24, 2.45) is 0 Å². The topological polar surface area (TPSA) is 77.0 Å². The van der Waals surface area contributed by atoms with Crippen molar-refractivity contribution >= 4 is 22.9 Å². The molecule has 0 radical (unpaired) electrons. The monoisotopic (exact) mass is 332 g/mol. The summed E-state index contributed by atoms with van der Waals surface area (Å²) in [5, 5.41) is 18.4. The summed E-state index contributed by atoms with van der Waals surface area (Å²) in [5.41, 5.74) is 1.75. The number of nitrogens with zero attached hydrogens (tertiary/aromatic N) is 4. The highest BCUT2D eigenvalue weighted by Gasteiger charge is 2.11. The second-order valence-corrected chi connectivity index (χ2v) is 6.30. The van der Waals surface area contributed by atoms with Crippen LogP contribution < -0.4 is 0 Å². The van der Waals surface area contributed by atoms with Crippen LogP contribution in [-0.4, -0.2) is 30.6 Å². The Morgan fingerprint density at radius 2 is 2.13 bits per heavy atom. The molecule has 2 heterocycles. The zero-order valence-electron chi connectivity index (χ0n) is 13.1. The van der Waals surface area contributed by atoms with Gasteiger partial charge in [0.25, 0.3) is 0 Å². The van der Waals surface area contributed by atoms with Crippen molar-refractivity contribution in [1.29, 1.82) is 0 Å². The van der Waals surface area contributed by atoms with Gasteiger partial charge in [-0.05, 0) is 25.0 Å². The maximum atomic E-state index is 9.29. The number of para-hydroxylation sites is 2. The van der Waals surface area contributed by atoms with Crippen molar-refractivity contribution in [1.82, 2.24) is 19.7 Å². The Morgan fingerprint density at radius 1 is 1.26 bits per heavy atom. The fourth-order valence-corrected chi connectivity index (χ4v) is 3.33. The van der Waals surface area contributed by atoms with Crippen molar-refractivity contribution in [2.75, 3.05) is 5.75 Å². The van der Waals surface area contributed by atoms with Gasteiger partial charge in [-0.1, -0.05) is 30.8 Å². The van der Waals surface area contributed by atoms with Crippen LogP contribution in [0.25, 0.3) is 11.1 Å². The standard InChI is InChI=1S/C16H20N4O2S/c1-2-9-20-14(11-21)18-19-16(20)23-10-5-8-15-17-12-6-3-4-7-13(12)22-15/h3-4,6-7,21H,2,5,8-11H2,1H3. The lowest BCUT2D eigenvalue weighted by Gasteiger charge is -2.06. The normalized spacial score (nSPS) is 11.4. The lowest BCUT2D eigenvalue weighted by molar-refractivity contribution is 0.263. The number of aliphatic hydroxyl groups is 1. The first-order valence-corrected chi connectivity index (χ1v) is 8.80. The highest BCUT2D eigenvalue weighted by molar-refractivity contribution is 7.99. The van der Waals surface area contributed by atoms with Crippen molar-refractivity contribution in [2.45, 2.75) is 44.5 Å². The lowest BCUT2D eigenvalue weighted by Crippen LogP contribution is -2.05. The number of aryl methyl sites for hydroxylation is 1. The maximum Gasteiger partial charge on any atom is 0.195 e. The van der Waals surface area contributed by atoms with E-state index in [-0.39, 0.29) is 6.61 Å². The summed E-state index contributed by atoms with van der Waals surface area (Å²) in [6.07, 6.45) is 2.74. The molecule has 1 aromatic carbocycles. The lowest BCUT2D eigenvalue weighted by atomic mass is 10.3. The predicted octanol–water partition coefficient (Wildman–Crippen LogP) is 3.05. The van der Waals surface area contributed by atoms with E-state index in [0.29, 0.717) is 5.82 Å². The van der Waals surface area contributed by atoms with Crippen molar-refractivity contribution in [3.63, 3.8) is 0 Å². The molecule has 0 amide bonds. The number of fused-ring (bicyclic) bond motifs is 1. The van der Waals surface area contributed by atoms with Gasteiger partial charge in [0.2, 0.25) is 0 Å². The van der Waals surface area contributed by atoms with E-state index < -0.39 is 0 Å². The fourth-order valence-electron chi connectivity index (χ4n) is 2.40. The molecule has 0 spiro atoms. The number of thioether (sulfide) groups is 1. The van der Waals surface area contributed by atoms with Crippen LogP contribution in [0.1, 0.15) is 31.5 Å². The summed E-state index contributed by atoms with van der Waals surface area (Å²) in [6, 6.07) is 7.81. The molecule has 0 saturated carbocycles. The van der Waals surface area contributed by atoms with Gasteiger partial charge in [0.05, 0.1) is 0 Å². The number of oxazole rings is 1. The first-order valence-electron chi connectivity index (χ1n) is 7.82. The highest BCUT2D eigenvalue weighted by Crippen LogP contribution is 2.20. The van der Waals surface area contributed by atoms with Crippen LogP contribution >= 0.6 is 11.8 Å². The number of rotatable bonds is 8. The van der Waals surface area contributed by atoms with E-state index in [4.69, 9.17) is 4.42 Å². The summed E-state index contributed by atoms with van der Waals surface area (Å²) >= 11 is 1.66. The third kappa shape index (κ3) is 3.73. The molecule has 0 saturated heterocycles. The van der Waals surface area contributed by atoms with E-state index in [9.17, 15) is 5.11 Å². The molecular formula is C16H20N4O2S. The molecule has 3 rings (SSSR count). The molecule has 0 aliphatic rings. The molecule has 0 atom stereocenters. The number of benzene rings is 1. The third-order valence-corrected chi connectivity index (χ3v) is 4.54. The maximum absolute atomic E-state index is 9.29. The van der Waals surface area contributed by atoms with E-state index in [1.807, 2.05) is 28.8 Å². The Balaban J connectivity index is 1.54. The largest absolute Gasteiger partial charge is 0.441 e. The summed E-state index contributed by atoms with van der Waals surface area (Å²) in [6.45, 7) is 2.86. The second-order valence-electron chi connectivity index (χ2n) is 5.24. The zero-order valence-corrected chi connectivity index (χ0v) is 13.9. The fraction of sp³-hybridized carbons (Fsp3) is 0.438. The van der Waals surface area contributed by atoms with Gasteiger partial charge in [-0.25, -0.2) is 4.98 Å². The summed E-state index contributed by atoms with van der Waals surface area (Å²) < 4.78 is 7.71. The average Bonchev–Trinajstić information content (AvgIpc) is 3.15. The Labute approximate surface area is 138 Å². The van der Waals surface area contributed by atoms with Crippen LogP contribution in [0.3, 0.4) is 0 Å². The molecule has 0 bridgehead atoms. The molecule has 0 aliphatic carbocycles. The van der Waals surface area contributed by atoms with Gasteiger partial charge in [-0.15, -0.1) is 10.2 Å². The predicted molar refractivity (Wildman–Crippen MR) is 89.3 cm³/mol. The minimum atomic E-state index is -0.0730. The zero-order chi connectivity index (χ0) is 16.1. The van der Waals surface area contributed by atoms with Gasteiger partial charge in [0.15, 0.2) is 22.5 Å². The average molecular weight is 332 g/mol. The van der Waals surface area contributed by atoms with E-state index in [1.165, 1.54) is 0 Å². The molecule has 0 aliphatic heterocycles. The van der Waals surface area contributed by atoms with Crippen molar-refractivity contribution in [3.8, 4) is 0 Å². The Hall–Kier alpha value is -1.86. The van der Waals surface area contributed by atoms with Gasteiger partial charge < -0.3 is 14.1 Å². The van der Waals surface area contributed by atoms with Crippen LogP contribution in [0.4, 0.5) is 0 Å². The van der Waals surface area contributed by atoms with Gasteiger partial charge >= 0.3 is 0 Å². The molecule has 6 nitrogen and oxygen atoms in total. The van der Waals surface area contributed by atoms with E-state index >= 15 is 0 Å². The van der Waals surface area contributed by atoms with Gasteiger partial charge in [-0.3, -0.25) is 0 Å². The molecular weight excluding hydrogens is 312 g/mol. The number of aliphatic hydroxyl groups excluding tert-OH is 1. The minimum absolute atomic E-state index is 0.0730. The molecule has 2 aromatic heterocycles. The Bertz CT molecular complexity index is 735. The smallest absolute Gasteiger partial charge is 0.195 e. The molecule has 23 heavy (non-hydrogen) atoms. The van der Waals surface area contributed by atoms with E-state index in [0.717, 1.165) is 53.7 Å². The molecule has 122 valence electrons. The molecule has 7 heteroatoms. The molecule has 3 aromatic rings. The van der Waals surface area contributed by atoms with Crippen LogP contribution in [0.15, 0.2) is 33.8 Å². The minimum Gasteiger partial charge on any atom is -0.441 e. The number of hydrogen-bond acceptors (Lipinski definition) is 6. The first-order chi connectivity index (χ1) is 11.3. The molecule has 0 fully saturated rings. The van der Waals surface area contributed by atoms with E-state index in [1.54, 1.807) is 11.8 Å². The Morgan fingerprint density at radius 3 is 2.91 bits per heavy atom. The molecule has 1 N–H and O–H groups in total. The van der Waals surface area contributed by atoms with Gasteiger partial charge in [-0.2, -0.15) is 0 Å². The van der Waals surface area contributed by atoms with Crippen LogP contribution in [0.2, 0.25) is 0 Å². The van der Waals surface area contributed by atoms with Gasteiger partial charge in [0, 0.05) is 18.7 Å². The summed E-state index contributed by atoms with van der Waals surface area (Å²) in [5.74, 6) is 2.32. The number of hydrogen-bond donors (Lipinski definition) is 1. The quantitative estimate of drug-likeness (QED) is 0.505. The third-order valence-electron chi connectivity index (χ3n) is 3.49. The SMILES string of the molecule is CCCn1c(CO)nnc1SCCCc1nc2ccccc2o1. The Kier molecular flexibility index (Phi) is 5.30. The van der Waals surface area contributed by atoms with Gasteiger partial charge in [0.1, 0.15) is 12.1 Å². The number of aromatic nitrogens is 4. The van der Waals surface area contributed by atoms with Crippen LogP contribution in [0.5, 0.6) is 0 Å². The summed E-state index contributed by atoms with van der Waals surface area (Å²) in [4.78, 5) is 4.48. The van der Waals surface area contributed by atoms with Crippen molar-refractivity contribution in [3.05, 3.63) is 36.0 Å². The second kappa shape index (κ2) is 7.61. The highest BCUT2D eigenvalue weighted by atomic mass is 32.2. The van der Waals surface area contributed by atoms with E-state index in [2.05, 4.69) is 22.1 Å². The van der Waals surface area contributed by atoms with Crippen LogP contribution in [0, 0.1) is 0 Å². The first kappa shape index (κ1) is 16.0. The molecule has 0 unspecified atom stereocenters. The van der Waals surface area contributed by atoms with Crippen molar-refractivity contribution < 1.29 is 9.52 Å². The summed E-state index contributed by atoms with van der Waals surface area (Å²) in [7, 11) is 0.